The van der Waals surface area contributed by atoms with E-state index in [1.165, 1.54) is 31.2 Å². The van der Waals surface area contributed by atoms with Crippen LogP contribution in [0.5, 0.6) is 0 Å². The zero-order valence-corrected chi connectivity index (χ0v) is 16.6. The van der Waals surface area contributed by atoms with E-state index in [0.717, 1.165) is 5.56 Å². The van der Waals surface area contributed by atoms with E-state index in [4.69, 9.17) is 9.47 Å². The minimum atomic E-state index is -1.18. The van der Waals surface area contributed by atoms with Gasteiger partial charge in [0.05, 0.1) is 12.2 Å². The van der Waals surface area contributed by atoms with Crippen LogP contribution in [0.25, 0.3) is 0 Å². The Labute approximate surface area is 173 Å². The van der Waals surface area contributed by atoms with Crippen molar-refractivity contribution in [2.45, 2.75) is 26.5 Å². The number of imide groups is 1. The Morgan fingerprint density at radius 1 is 0.967 bits per heavy atom. The van der Waals surface area contributed by atoms with Crippen LogP contribution in [0, 0.1) is 0 Å². The number of hydrogen-bond acceptors (Lipinski definition) is 6. The van der Waals surface area contributed by atoms with Crippen LogP contribution in [-0.4, -0.2) is 36.7 Å². The molecule has 1 unspecified atom stereocenters. The first-order valence-corrected chi connectivity index (χ1v) is 9.26. The van der Waals surface area contributed by atoms with Gasteiger partial charge in [-0.2, -0.15) is 0 Å². The number of carbonyl (C=O) groups excluding carboxylic acids is 4. The van der Waals surface area contributed by atoms with Crippen LogP contribution in [0.4, 0.5) is 15.3 Å². The summed E-state index contributed by atoms with van der Waals surface area (Å²) in [5, 5.41) is 7.16. The van der Waals surface area contributed by atoms with Crippen molar-refractivity contribution in [1.82, 2.24) is 10.6 Å². The highest BCUT2D eigenvalue weighted by atomic mass is 16.6. The predicted molar refractivity (Wildman–Crippen MR) is 109 cm³/mol. The summed E-state index contributed by atoms with van der Waals surface area (Å²) in [5.41, 5.74) is 1.49. The summed E-state index contributed by atoms with van der Waals surface area (Å²) in [7, 11) is 0. The second-order valence-corrected chi connectivity index (χ2v) is 6.13. The molecule has 2 rings (SSSR count). The van der Waals surface area contributed by atoms with Crippen molar-refractivity contribution in [2.75, 3.05) is 11.9 Å². The molecule has 0 bridgehead atoms. The van der Waals surface area contributed by atoms with E-state index in [0.29, 0.717) is 5.69 Å². The number of esters is 1. The zero-order chi connectivity index (χ0) is 21.9. The smallest absolute Gasteiger partial charge is 0.411 e. The van der Waals surface area contributed by atoms with E-state index >= 15 is 0 Å². The maximum absolute atomic E-state index is 12.2. The van der Waals surface area contributed by atoms with E-state index in [2.05, 4.69) is 16.0 Å². The molecule has 0 spiro atoms. The van der Waals surface area contributed by atoms with Crippen LogP contribution in [-0.2, 0) is 20.8 Å². The van der Waals surface area contributed by atoms with Crippen molar-refractivity contribution in [3.05, 3.63) is 65.7 Å². The van der Waals surface area contributed by atoms with Gasteiger partial charge in [-0.05, 0) is 43.7 Å². The summed E-state index contributed by atoms with van der Waals surface area (Å²) < 4.78 is 9.84. The van der Waals surface area contributed by atoms with E-state index in [1.807, 2.05) is 30.3 Å². The van der Waals surface area contributed by atoms with Gasteiger partial charge in [0.2, 0.25) is 0 Å². The average molecular weight is 413 g/mol. The van der Waals surface area contributed by atoms with Crippen molar-refractivity contribution in [2.24, 2.45) is 0 Å². The summed E-state index contributed by atoms with van der Waals surface area (Å²) >= 11 is 0. The van der Waals surface area contributed by atoms with Crippen molar-refractivity contribution in [3.8, 4) is 0 Å². The van der Waals surface area contributed by atoms with E-state index in [-0.39, 0.29) is 18.7 Å². The van der Waals surface area contributed by atoms with Crippen molar-refractivity contribution < 1.29 is 28.7 Å². The van der Waals surface area contributed by atoms with E-state index in [1.54, 1.807) is 6.92 Å². The standard InChI is InChI=1S/C21H23N3O6/c1-3-29-21(28)23-17-11-9-16(10-12-17)19(26)30-14(2)18(25)24-20(27)22-13-15-7-5-4-6-8-15/h4-12,14H,3,13H2,1-2H3,(H,23,28)(H2,22,24,25,27). The zero-order valence-electron chi connectivity index (χ0n) is 16.6. The maximum atomic E-state index is 12.2. The number of rotatable bonds is 7. The van der Waals surface area contributed by atoms with Gasteiger partial charge in [-0.25, -0.2) is 14.4 Å². The molecule has 2 aromatic rings. The fraction of sp³-hybridized carbons (Fsp3) is 0.238. The van der Waals surface area contributed by atoms with Crippen LogP contribution in [0.1, 0.15) is 29.8 Å². The van der Waals surface area contributed by atoms with Crippen molar-refractivity contribution in [3.63, 3.8) is 0 Å². The van der Waals surface area contributed by atoms with Gasteiger partial charge in [0.15, 0.2) is 6.10 Å². The van der Waals surface area contributed by atoms with Gasteiger partial charge in [0.25, 0.3) is 5.91 Å². The van der Waals surface area contributed by atoms with Gasteiger partial charge in [-0.1, -0.05) is 30.3 Å². The minimum absolute atomic E-state index is 0.178. The lowest BCUT2D eigenvalue weighted by atomic mass is 10.2. The van der Waals surface area contributed by atoms with Crippen LogP contribution in [0.15, 0.2) is 54.6 Å². The monoisotopic (exact) mass is 413 g/mol. The highest BCUT2D eigenvalue weighted by Crippen LogP contribution is 2.12. The van der Waals surface area contributed by atoms with Crippen LogP contribution in [0.3, 0.4) is 0 Å². The SMILES string of the molecule is CCOC(=O)Nc1ccc(C(=O)OC(C)C(=O)NC(=O)NCc2ccccc2)cc1. The highest BCUT2D eigenvalue weighted by Gasteiger charge is 2.20. The highest BCUT2D eigenvalue weighted by molar-refractivity contribution is 5.98. The molecule has 0 fully saturated rings. The molecule has 3 N–H and O–H groups in total. The van der Waals surface area contributed by atoms with E-state index < -0.39 is 30.1 Å². The average Bonchev–Trinajstić information content (AvgIpc) is 2.73. The summed E-state index contributed by atoms with van der Waals surface area (Å²) in [6.45, 7) is 3.53. The summed E-state index contributed by atoms with van der Waals surface area (Å²) in [4.78, 5) is 47.4. The molecule has 30 heavy (non-hydrogen) atoms. The number of hydrogen-bond donors (Lipinski definition) is 3. The van der Waals surface area contributed by atoms with Gasteiger partial charge in [-0.3, -0.25) is 15.4 Å². The number of urea groups is 1. The molecule has 0 aliphatic rings. The predicted octanol–water partition coefficient (Wildman–Crippen LogP) is 2.83. The number of ether oxygens (including phenoxy) is 2. The molecule has 0 aromatic heterocycles. The molecule has 0 aliphatic heterocycles. The Morgan fingerprint density at radius 2 is 1.63 bits per heavy atom. The van der Waals surface area contributed by atoms with Gasteiger partial charge < -0.3 is 14.8 Å². The topological polar surface area (TPSA) is 123 Å². The number of anilines is 1. The Kier molecular flexibility index (Phi) is 8.37. The lowest BCUT2D eigenvalue weighted by molar-refractivity contribution is -0.127. The molecule has 9 nitrogen and oxygen atoms in total. The molecule has 1 atom stereocenters. The lowest BCUT2D eigenvalue weighted by Gasteiger charge is -2.13. The molecule has 0 heterocycles. The first-order valence-electron chi connectivity index (χ1n) is 9.26. The van der Waals surface area contributed by atoms with E-state index in [9.17, 15) is 19.2 Å². The third-order valence-electron chi connectivity index (χ3n) is 3.83. The molecule has 0 aliphatic carbocycles. The van der Waals surface area contributed by atoms with Crippen molar-refractivity contribution in [1.29, 1.82) is 0 Å². The lowest BCUT2D eigenvalue weighted by Crippen LogP contribution is -2.44. The van der Waals surface area contributed by atoms with Crippen LogP contribution < -0.4 is 16.0 Å². The quantitative estimate of drug-likeness (QED) is 0.600. The summed E-state index contributed by atoms with van der Waals surface area (Å²) in [6.07, 6.45) is -1.79. The molecule has 0 radical (unpaired) electrons. The minimum Gasteiger partial charge on any atom is -0.450 e. The normalized spacial score (nSPS) is 11.0. The molecule has 9 heteroatoms. The number of benzene rings is 2. The molecule has 0 saturated heterocycles. The first kappa shape index (κ1) is 22.4. The number of carbonyl (C=O) groups is 4. The van der Waals surface area contributed by atoms with Gasteiger partial charge >= 0.3 is 18.1 Å². The van der Waals surface area contributed by atoms with Crippen LogP contribution >= 0.6 is 0 Å². The maximum Gasteiger partial charge on any atom is 0.411 e. The van der Waals surface area contributed by atoms with Gasteiger partial charge in [0.1, 0.15) is 0 Å². The Balaban J connectivity index is 1.80. The first-order chi connectivity index (χ1) is 14.4. The van der Waals surface area contributed by atoms with Crippen LogP contribution in [0.2, 0.25) is 0 Å². The largest absolute Gasteiger partial charge is 0.450 e. The fourth-order valence-electron chi connectivity index (χ4n) is 2.29. The van der Waals surface area contributed by atoms with Crippen molar-refractivity contribution >= 4 is 29.7 Å². The summed E-state index contributed by atoms with van der Waals surface area (Å²) in [5.74, 6) is -1.50. The second-order valence-electron chi connectivity index (χ2n) is 6.13. The van der Waals surface area contributed by atoms with Gasteiger partial charge in [0, 0.05) is 12.2 Å². The molecule has 0 saturated carbocycles. The van der Waals surface area contributed by atoms with Gasteiger partial charge in [-0.15, -0.1) is 0 Å². The Morgan fingerprint density at radius 3 is 2.27 bits per heavy atom. The number of amides is 4. The molecule has 158 valence electrons. The Bertz CT molecular complexity index is 883. The second kappa shape index (κ2) is 11.2. The molecular weight excluding hydrogens is 390 g/mol. The summed E-state index contributed by atoms with van der Waals surface area (Å²) in [6, 6.07) is 14.4. The Hall–Kier alpha value is -3.88. The fourth-order valence-corrected chi connectivity index (χ4v) is 2.29. The number of nitrogens with one attached hydrogen (secondary N) is 3. The molecule has 2 aromatic carbocycles. The third-order valence-corrected chi connectivity index (χ3v) is 3.83. The molecular formula is C21H23N3O6. The molecule has 4 amide bonds. The third kappa shape index (κ3) is 7.27.